The highest BCUT2D eigenvalue weighted by Crippen LogP contribution is 2.39. The average Bonchev–Trinajstić information content (AvgIpc) is 3.39. The fourth-order valence-electron chi connectivity index (χ4n) is 5.32. The third kappa shape index (κ3) is 5.91. The molecule has 2 N–H and O–H groups in total. The van der Waals surface area contributed by atoms with Crippen molar-refractivity contribution in [1.29, 1.82) is 0 Å². The number of aromatic amines is 1. The lowest BCUT2D eigenvalue weighted by molar-refractivity contribution is 0.0985. The zero-order valence-corrected chi connectivity index (χ0v) is 23.8. The highest BCUT2D eigenvalue weighted by atomic mass is 32.2. The van der Waals surface area contributed by atoms with Crippen molar-refractivity contribution in [2.75, 3.05) is 61.6 Å². The van der Waals surface area contributed by atoms with Crippen LogP contribution in [0.25, 0.3) is 0 Å². The van der Waals surface area contributed by atoms with Crippen LogP contribution >= 0.6 is 11.8 Å². The Morgan fingerprint density at radius 1 is 1.08 bits per heavy atom. The van der Waals surface area contributed by atoms with Gasteiger partial charge in [-0.25, -0.2) is 4.79 Å². The number of carbonyl (C=O) groups excluding carboxylic acids is 2. The molecule has 10 heteroatoms. The fraction of sp³-hybridized carbons (Fsp3) is 0.414. The Morgan fingerprint density at radius 2 is 1.85 bits per heavy atom. The molecule has 2 aromatic carbocycles. The van der Waals surface area contributed by atoms with E-state index in [4.69, 9.17) is 0 Å². The zero-order valence-electron chi connectivity index (χ0n) is 22.9. The summed E-state index contributed by atoms with van der Waals surface area (Å²) < 4.78 is 0. The molecule has 0 aliphatic carbocycles. The Kier molecular flexibility index (Phi) is 8.42. The van der Waals surface area contributed by atoms with Gasteiger partial charge in [-0.15, -0.1) is 0 Å². The number of aromatic nitrogens is 2. The molecule has 9 nitrogen and oxygen atoms in total. The van der Waals surface area contributed by atoms with E-state index in [9.17, 15) is 9.59 Å². The molecule has 2 aliphatic rings. The van der Waals surface area contributed by atoms with Gasteiger partial charge in [0.15, 0.2) is 0 Å². The number of nitrogens with zero attached hydrogens (tertiary/aromatic N) is 5. The topological polar surface area (TPSA) is 87.8 Å². The van der Waals surface area contributed by atoms with Crippen LogP contribution in [0.15, 0.2) is 48.7 Å². The normalized spacial score (nSPS) is 15.5. The zero-order chi connectivity index (χ0) is 27.4. The van der Waals surface area contributed by atoms with E-state index in [2.05, 4.69) is 26.7 Å². The van der Waals surface area contributed by atoms with Crippen LogP contribution in [-0.4, -0.2) is 83.7 Å². The molecule has 2 aliphatic heterocycles. The molecule has 0 atom stereocenters. The molecule has 1 aromatic heterocycles. The van der Waals surface area contributed by atoms with Gasteiger partial charge in [0, 0.05) is 50.9 Å². The predicted octanol–water partition coefficient (Wildman–Crippen LogP) is 4.23. The molecule has 1 fully saturated rings. The number of nitrogens with one attached hydrogen (secondary N) is 2. The summed E-state index contributed by atoms with van der Waals surface area (Å²) in [5.74, 6) is 1.99. The Bertz CT molecular complexity index is 1320. The first-order valence-electron chi connectivity index (χ1n) is 13.5. The molecule has 0 spiro atoms. The second kappa shape index (κ2) is 12.1. The first kappa shape index (κ1) is 27.1. The minimum absolute atomic E-state index is 0.0282. The van der Waals surface area contributed by atoms with Crippen LogP contribution in [-0.2, 0) is 13.1 Å². The number of H-pyrrole nitrogens is 1. The number of para-hydroxylation sites is 2. The number of fused-ring (bicyclic) bond motifs is 2. The van der Waals surface area contributed by atoms with Crippen LogP contribution in [0.2, 0.25) is 0 Å². The number of hydrogen-bond acceptors (Lipinski definition) is 6. The van der Waals surface area contributed by atoms with Crippen LogP contribution in [0.1, 0.15) is 33.5 Å². The number of carbonyl (C=O) groups is 2. The second-order valence-corrected chi connectivity index (χ2v) is 11.1. The van der Waals surface area contributed by atoms with E-state index in [-0.39, 0.29) is 11.9 Å². The molecular formula is C29H37N7O2S. The summed E-state index contributed by atoms with van der Waals surface area (Å²) in [5, 5.41) is 10.3. The summed E-state index contributed by atoms with van der Waals surface area (Å²) in [6.07, 6.45) is 5.11. The lowest BCUT2D eigenvalue weighted by Gasteiger charge is -2.34. The van der Waals surface area contributed by atoms with E-state index < -0.39 is 0 Å². The van der Waals surface area contributed by atoms with Crippen molar-refractivity contribution in [2.24, 2.45) is 0 Å². The van der Waals surface area contributed by atoms with E-state index in [1.807, 2.05) is 82.9 Å². The third-order valence-electron chi connectivity index (χ3n) is 7.64. The van der Waals surface area contributed by atoms with Gasteiger partial charge in [-0.2, -0.15) is 16.9 Å². The number of thioether (sulfide) groups is 1. The van der Waals surface area contributed by atoms with Crippen LogP contribution in [0.5, 0.6) is 0 Å². The van der Waals surface area contributed by atoms with Gasteiger partial charge in [0.2, 0.25) is 0 Å². The van der Waals surface area contributed by atoms with Gasteiger partial charge in [0.05, 0.1) is 24.1 Å². The van der Waals surface area contributed by atoms with Crippen molar-refractivity contribution in [3.8, 4) is 0 Å². The first-order valence-corrected chi connectivity index (χ1v) is 14.9. The number of rotatable bonds is 7. The third-order valence-corrected chi connectivity index (χ3v) is 8.34. The van der Waals surface area contributed by atoms with Crippen molar-refractivity contribution in [2.45, 2.75) is 26.4 Å². The predicted molar refractivity (Wildman–Crippen MR) is 158 cm³/mol. The van der Waals surface area contributed by atoms with Crippen molar-refractivity contribution in [3.63, 3.8) is 0 Å². The van der Waals surface area contributed by atoms with E-state index in [1.165, 1.54) is 12.2 Å². The summed E-state index contributed by atoms with van der Waals surface area (Å²) in [4.78, 5) is 34.8. The summed E-state index contributed by atoms with van der Waals surface area (Å²) in [6, 6.07) is 13.6. The minimum atomic E-state index is -0.0704. The van der Waals surface area contributed by atoms with Crippen molar-refractivity contribution in [3.05, 3.63) is 70.9 Å². The van der Waals surface area contributed by atoms with Gasteiger partial charge in [0.25, 0.3) is 5.91 Å². The van der Waals surface area contributed by atoms with Crippen molar-refractivity contribution in [1.82, 2.24) is 25.3 Å². The number of urea groups is 1. The Hall–Kier alpha value is -3.50. The van der Waals surface area contributed by atoms with Crippen LogP contribution in [0, 0.1) is 6.92 Å². The van der Waals surface area contributed by atoms with E-state index in [0.29, 0.717) is 18.7 Å². The van der Waals surface area contributed by atoms with E-state index in [1.54, 1.807) is 6.20 Å². The molecule has 0 bridgehead atoms. The molecule has 0 radical (unpaired) electrons. The molecule has 39 heavy (non-hydrogen) atoms. The number of anilines is 3. The highest BCUT2D eigenvalue weighted by Gasteiger charge is 2.28. The standard InChI is InChI=1S/C29H37N7O2S/c1-21-17-22(9-10-23(21)18-30-29(38)35-14-12-34(13-15-35)11-6-16-39-3)28(37)36-20-24-19-31-32-27(24)33(2)25-7-4-5-8-26(25)36/h4-5,7-10,17,19H,6,11-16,18,20H2,1-3H3,(H,30,38)(H,31,32). The van der Waals surface area contributed by atoms with Crippen LogP contribution in [0.3, 0.4) is 0 Å². The smallest absolute Gasteiger partial charge is 0.317 e. The summed E-state index contributed by atoms with van der Waals surface area (Å²) in [6.45, 7) is 7.30. The molecule has 3 heterocycles. The maximum atomic E-state index is 13.8. The lowest BCUT2D eigenvalue weighted by atomic mass is 10.0. The van der Waals surface area contributed by atoms with Gasteiger partial charge >= 0.3 is 6.03 Å². The minimum Gasteiger partial charge on any atom is -0.334 e. The molecule has 3 amide bonds. The Morgan fingerprint density at radius 3 is 2.59 bits per heavy atom. The second-order valence-electron chi connectivity index (χ2n) is 10.2. The lowest BCUT2D eigenvalue weighted by Crippen LogP contribution is -2.51. The van der Waals surface area contributed by atoms with Crippen molar-refractivity contribution >= 4 is 40.9 Å². The number of amides is 3. The molecule has 5 rings (SSSR count). The van der Waals surface area contributed by atoms with E-state index in [0.717, 1.165) is 66.6 Å². The first-order chi connectivity index (χ1) is 19.0. The summed E-state index contributed by atoms with van der Waals surface area (Å²) >= 11 is 1.88. The molecular weight excluding hydrogens is 510 g/mol. The molecule has 0 unspecified atom stereocenters. The van der Waals surface area contributed by atoms with Crippen LogP contribution in [0.4, 0.5) is 22.0 Å². The quantitative estimate of drug-likeness (QED) is 0.431. The molecule has 3 aromatic rings. The van der Waals surface area contributed by atoms with Gasteiger partial charge in [-0.05, 0) is 67.3 Å². The maximum absolute atomic E-state index is 13.8. The fourth-order valence-corrected chi connectivity index (χ4v) is 5.73. The average molecular weight is 548 g/mol. The van der Waals surface area contributed by atoms with Gasteiger partial charge in [-0.1, -0.05) is 18.2 Å². The monoisotopic (exact) mass is 547 g/mol. The SMILES string of the molecule is CSCCCN1CCN(C(=O)NCc2ccc(C(=O)N3Cc4cn[nH]c4N(C)c4ccccc43)cc2C)CC1. The Balaban J connectivity index is 1.23. The van der Waals surface area contributed by atoms with Gasteiger partial charge in [-0.3, -0.25) is 14.8 Å². The van der Waals surface area contributed by atoms with E-state index >= 15 is 0 Å². The largest absolute Gasteiger partial charge is 0.334 e. The highest BCUT2D eigenvalue weighted by molar-refractivity contribution is 7.98. The summed E-state index contributed by atoms with van der Waals surface area (Å²) in [7, 11) is 1.98. The van der Waals surface area contributed by atoms with Crippen molar-refractivity contribution < 1.29 is 9.59 Å². The maximum Gasteiger partial charge on any atom is 0.317 e. The number of hydrogen-bond donors (Lipinski definition) is 2. The number of aryl methyl sites for hydroxylation is 1. The molecule has 206 valence electrons. The Labute approximate surface area is 234 Å². The summed E-state index contributed by atoms with van der Waals surface area (Å²) in [5.41, 5.74) is 5.34. The number of piperazine rings is 1. The number of benzene rings is 2. The molecule has 0 saturated carbocycles. The van der Waals surface area contributed by atoms with Gasteiger partial charge < -0.3 is 20.0 Å². The van der Waals surface area contributed by atoms with Crippen LogP contribution < -0.4 is 15.1 Å². The van der Waals surface area contributed by atoms with Gasteiger partial charge in [0.1, 0.15) is 5.82 Å². The molecule has 1 saturated heterocycles.